The van der Waals surface area contributed by atoms with Gasteiger partial charge in [0.15, 0.2) is 0 Å². The van der Waals surface area contributed by atoms with Gasteiger partial charge in [-0.15, -0.1) is 0 Å². The number of hydrogen-bond donors (Lipinski definition) is 3. The molecule has 1 aromatic heterocycles. The van der Waals surface area contributed by atoms with Crippen LogP contribution in [0, 0.1) is 0 Å². The summed E-state index contributed by atoms with van der Waals surface area (Å²) in [5.74, 6) is 0. The molecule has 3 heteroatoms. The van der Waals surface area contributed by atoms with Crippen molar-refractivity contribution in [1.29, 1.82) is 0 Å². The zero-order valence-corrected chi connectivity index (χ0v) is 9.64. The molecule has 0 aliphatic carbocycles. The summed E-state index contributed by atoms with van der Waals surface area (Å²) in [5.41, 5.74) is 1.69. The maximum Gasteiger partial charge on any atom is 0.0210 e. The van der Waals surface area contributed by atoms with Gasteiger partial charge in [0, 0.05) is 30.5 Å². The fourth-order valence-electron chi connectivity index (χ4n) is 2.24. The van der Waals surface area contributed by atoms with Crippen molar-refractivity contribution >= 4 is 0 Å². The molecule has 1 unspecified atom stereocenters. The van der Waals surface area contributed by atoms with Gasteiger partial charge in [-0.2, -0.15) is 0 Å². The van der Waals surface area contributed by atoms with Gasteiger partial charge in [0.1, 0.15) is 0 Å². The molecule has 1 fully saturated rings. The molecule has 1 aliphatic heterocycles. The largest absolute Gasteiger partial charge is 0.367 e. The Labute approximate surface area is 91.7 Å². The maximum atomic E-state index is 3.60. The SMILES string of the molecule is CC1(C)CC(NCCc2cc[nH]c2)CN1. The zero-order chi connectivity index (χ0) is 10.7. The Bertz CT molecular complexity index is 290. The predicted molar refractivity (Wildman–Crippen MR) is 63.0 cm³/mol. The van der Waals surface area contributed by atoms with E-state index < -0.39 is 0 Å². The van der Waals surface area contributed by atoms with E-state index in [0.29, 0.717) is 11.6 Å². The maximum absolute atomic E-state index is 3.60. The third-order valence-corrected chi connectivity index (χ3v) is 3.09. The standard InChI is InChI=1S/C12H21N3/c1-12(2)7-11(9-15-12)14-6-4-10-3-5-13-8-10/h3,5,8,11,13-15H,4,6-7,9H2,1-2H3. The molecule has 0 aromatic carbocycles. The van der Waals surface area contributed by atoms with Crippen LogP contribution < -0.4 is 10.6 Å². The van der Waals surface area contributed by atoms with Crippen molar-refractivity contribution in [3.05, 3.63) is 24.0 Å². The second-order valence-electron chi connectivity index (χ2n) is 5.09. The predicted octanol–water partition coefficient (Wildman–Crippen LogP) is 1.29. The molecular weight excluding hydrogens is 186 g/mol. The molecule has 0 spiro atoms. The van der Waals surface area contributed by atoms with Crippen LogP contribution in [0.3, 0.4) is 0 Å². The van der Waals surface area contributed by atoms with Gasteiger partial charge in [0.25, 0.3) is 0 Å². The highest BCUT2D eigenvalue weighted by Gasteiger charge is 2.29. The molecule has 0 radical (unpaired) electrons. The Hall–Kier alpha value is -0.800. The highest BCUT2D eigenvalue weighted by atomic mass is 15.1. The van der Waals surface area contributed by atoms with Gasteiger partial charge in [-0.1, -0.05) is 0 Å². The second-order valence-corrected chi connectivity index (χ2v) is 5.09. The number of aromatic nitrogens is 1. The lowest BCUT2D eigenvalue weighted by molar-refractivity contribution is 0.443. The summed E-state index contributed by atoms with van der Waals surface area (Å²) in [6, 6.07) is 2.78. The van der Waals surface area contributed by atoms with Gasteiger partial charge in [-0.25, -0.2) is 0 Å². The topological polar surface area (TPSA) is 39.9 Å². The van der Waals surface area contributed by atoms with Crippen LogP contribution in [-0.4, -0.2) is 29.7 Å². The van der Waals surface area contributed by atoms with Crippen LogP contribution in [0.4, 0.5) is 0 Å². The lowest BCUT2D eigenvalue weighted by atomic mass is 10.0. The number of H-pyrrole nitrogens is 1. The van der Waals surface area contributed by atoms with Crippen molar-refractivity contribution < 1.29 is 0 Å². The molecule has 1 saturated heterocycles. The first-order chi connectivity index (χ1) is 7.16. The quantitative estimate of drug-likeness (QED) is 0.696. The van der Waals surface area contributed by atoms with Gasteiger partial charge in [-0.3, -0.25) is 0 Å². The van der Waals surface area contributed by atoms with Crippen LogP contribution in [0.1, 0.15) is 25.8 Å². The molecule has 0 bridgehead atoms. The number of aromatic amines is 1. The number of hydrogen-bond acceptors (Lipinski definition) is 2. The molecule has 3 nitrogen and oxygen atoms in total. The lowest BCUT2D eigenvalue weighted by Gasteiger charge is -2.17. The van der Waals surface area contributed by atoms with Crippen LogP contribution >= 0.6 is 0 Å². The summed E-state index contributed by atoms with van der Waals surface area (Å²) in [6.07, 6.45) is 6.38. The molecule has 1 aromatic rings. The Morgan fingerprint density at radius 3 is 3.00 bits per heavy atom. The molecule has 0 saturated carbocycles. The minimum absolute atomic E-state index is 0.311. The third kappa shape index (κ3) is 3.08. The van der Waals surface area contributed by atoms with E-state index in [4.69, 9.17) is 0 Å². The Morgan fingerprint density at radius 1 is 1.53 bits per heavy atom. The number of nitrogens with one attached hydrogen (secondary N) is 3. The molecule has 84 valence electrons. The second kappa shape index (κ2) is 4.37. The monoisotopic (exact) mass is 207 g/mol. The van der Waals surface area contributed by atoms with Crippen molar-refractivity contribution in [3.63, 3.8) is 0 Å². The van der Waals surface area contributed by atoms with Gasteiger partial charge in [0.2, 0.25) is 0 Å². The molecule has 0 amide bonds. The first-order valence-electron chi connectivity index (χ1n) is 5.76. The summed E-state index contributed by atoms with van der Waals surface area (Å²) in [6.45, 7) is 6.70. The van der Waals surface area contributed by atoms with Gasteiger partial charge in [-0.05, 0) is 44.9 Å². The van der Waals surface area contributed by atoms with Crippen LogP contribution in [-0.2, 0) is 6.42 Å². The van der Waals surface area contributed by atoms with E-state index in [2.05, 4.69) is 41.7 Å². The molecule has 1 atom stereocenters. The highest BCUT2D eigenvalue weighted by molar-refractivity contribution is 5.08. The van der Waals surface area contributed by atoms with Gasteiger partial charge in [0.05, 0.1) is 0 Å². The highest BCUT2D eigenvalue weighted by Crippen LogP contribution is 2.17. The number of rotatable bonds is 4. The Balaban J connectivity index is 1.67. The van der Waals surface area contributed by atoms with E-state index in [0.717, 1.165) is 19.5 Å². The Morgan fingerprint density at radius 2 is 2.40 bits per heavy atom. The summed E-state index contributed by atoms with van der Waals surface area (Å²) < 4.78 is 0. The third-order valence-electron chi connectivity index (χ3n) is 3.09. The average Bonchev–Trinajstić information content (AvgIpc) is 2.76. The van der Waals surface area contributed by atoms with Crippen molar-refractivity contribution in [2.24, 2.45) is 0 Å². The average molecular weight is 207 g/mol. The first-order valence-corrected chi connectivity index (χ1v) is 5.76. The molecule has 3 N–H and O–H groups in total. The van der Waals surface area contributed by atoms with Crippen LogP contribution in [0.15, 0.2) is 18.5 Å². The van der Waals surface area contributed by atoms with Gasteiger partial charge >= 0.3 is 0 Å². The van der Waals surface area contributed by atoms with E-state index >= 15 is 0 Å². The van der Waals surface area contributed by atoms with Gasteiger partial charge < -0.3 is 15.6 Å². The molecule has 1 aliphatic rings. The Kier molecular flexibility index (Phi) is 3.12. The van der Waals surface area contributed by atoms with E-state index in [1.54, 1.807) is 0 Å². The summed E-state index contributed by atoms with van der Waals surface area (Å²) in [5, 5.41) is 7.12. The molecular formula is C12H21N3. The minimum atomic E-state index is 0.311. The van der Waals surface area contributed by atoms with Crippen molar-refractivity contribution in [2.45, 2.75) is 38.3 Å². The van der Waals surface area contributed by atoms with E-state index in [-0.39, 0.29) is 0 Å². The molecule has 2 heterocycles. The first kappa shape index (κ1) is 10.7. The minimum Gasteiger partial charge on any atom is -0.367 e. The van der Waals surface area contributed by atoms with E-state index in [9.17, 15) is 0 Å². The van der Waals surface area contributed by atoms with Crippen molar-refractivity contribution in [1.82, 2.24) is 15.6 Å². The lowest BCUT2D eigenvalue weighted by Crippen LogP contribution is -2.32. The molecule has 15 heavy (non-hydrogen) atoms. The van der Waals surface area contributed by atoms with E-state index in [1.165, 1.54) is 12.0 Å². The smallest absolute Gasteiger partial charge is 0.0210 e. The summed E-state index contributed by atoms with van der Waals surface area (Å²) in [7, 11) is 0. The molecule has 2 rings (SSSR count). The van der Waals surface area contributed by atoms with Crippen LogP contribution in [0.5, 0.6) is 0 Å². The normalized spacial score (nSPS) is 24.5. The fraction of sp³-hybridized carbons (Fsp3) is 0.667. The summed E-state index contributed by atoms with van der Waals surface area (Å²) in [4.78, 5) is 3.08. The van der Waals surface area contributed by atoms with Crippen molar-refractivity contribution in [2.75, 3.05) is 13.1 Å². The van der Waals surface area contributed by atoms with Crippen LogP contribution in [0.25, 0.3) is 0 Å². The summed E-state index contributed by atoms with van der Waals surface area (Å²) >= 11 is 0. The van der Waals surface area contributed by atoms with E-state index in [1.807, 2.05) is 6.20 Å². The van der Waals surface area contributed by atoms with Crippen molar-refractivity contribution in [3.8, 4) is 0 Å². The van der Waals surface area contributed by atoms with Crippen LogP contribution in [0.2, 0.25) is 0 Å². The fourth-order valence-corrected chi connectivity index (χ4v) is 2.24. The zero-order valence-electron chi connectivity index (χ0n) is 9.64.